The van der Waals surface area contributed by atoms with Crippen molar-refractivity contribution >= 4 is 76.9 Å². The number of hydrogen-bond donors (Lipinski definition) is 0. The standard InChI is InChI=1S/C59H41N5O/c1-59(30-24-43(25-31-59)62(44-26-32-60-33-27-44)45-28-34-61-35-29-45)64-52-19-11-9-17-50(52)56-54(64)23-21-48-47-20-22-53-55(57(47)65-58(48)56)49-16-8-10-18-51(49)63(53)46-37-41(39-12-4-2-5-13-39)36-42(38-46)40-14-6-3-7-15-40/h2-30,32-38H,31H2,1H3. The van der Waals surface area contributed by atoms with E-state index in [2.05, 4.69) is 201 Å². The Hall–Kier alpha value is -8.48. The third kappa shape index (κ3) is 5.80. The predicted octanol–water partition coefficient (Wildman–Crippen LogP) is 15.3. The van der Waals surface area contributed by atoms with E-state index >= 15 is 0 Å². The molecule has 0 saturated carbocycles. The summed E-state index contributed by atoms with van der Waals surface area (Å²) in [6, 6.07) is 63.2. The summed E-state index contributed by atoms with van der Waals surface area (Å²) in [6.07, 6.45) is 15.1. The van der Waals surface area contributed by atoms with E-state index in [9.17, 15) is 0 Å². The molecule has 0 bridgehead atoms. The van der Waals surface area contributed by atoms with Crippen molar-refractivity contribution < 1.29 is 4.42 Å². The Morgan fingerprint density at radius 3 is 1.60 bits per heavy atom. The minimum Gasteiger partial charge on any atom is -0.455 e. The van der Waals surface area contributed by atoms with Crippen LogP contribution in [0.1, 0.15) is 13.3 Å². The van der Waals surface area contributed by atoms with E-state index in [1.54, 1.807) is 0 Å². The first-order valence-electron chi connectivity index (χ1n) is 22.2. The molecule has 0 N–H and O–H groups in total. The van der Waals surface area contributed by atoms with Gasteiger partial charge in [-0.25, -0.2) is 0 Å². The second-order valence-electron chi connectivity index (χ2n) is 17.3. The molecule has 0 radical (unpaired) electrons. The Morgan fingerprint density at radius 2 is 1.02 bits per heavy atom. The maximum Gasteiger partial charge on any atom is 0.145 e. The van der Waals surface area contributed by atoms with Gasteiger partial charge in [0.25, 0.3) is 0 Å². The van der Waals surface area contributed by atoms with Crippen LogP contribution in [0.2, 0.25) is 0 Å². The smallest absolute Gasteiger partial charge is 0.145 e. The highest BCUT2D eigenvalue weighted by Crippen LogP contribution is 2.47. The van der Waals surface area contributed by atoms with Crippen LogP contribution in [0.5, 0.6) is 0 Å². The minimum absolute atomic E-state index is 0.361. The first kappa shape index (κ1) is 37.1. The van der Waals surface area contributed by atoms with E-state index in [4.69, 9.17) is 4.42 Å². The van der Waals surface area contributed by atoms with Gasteiger partial charge < -0.3 is 18.5 Å². The number of pyridine rings is 2. The van der Waals surface area contributed by atoms with E-state index in [0.717, 1.165) is 83.8 Å². The molecule has 6 heteroatoms. The van der Waals surface area contributed by atoms with Crippen molar-refractivity contribution in [3.63, 3.8) is 0 Å². The Kier molecular flexibility index (Phi) is 8.30. The zero-order chi connectivity index (χ0) is 43.1. The van der Waals surface area contributed by atoms with Gasteiger partial charge in [-0.3, -0.25) is 9.97 Å². The Morgan fingerprint density at radius 1 is 0.492 bits per heavy atom. The lowest BCUT2D eigenvalue weighted by Crippen LogP contribution is -2.30. The summed E-state index contributed by atoms with van der Waals surface area (Å²) >= 11 is 0. The van der Waals surface area contributed by atoms with Crippen LogP contribution in [-0.4, -0.2) is 19.1 Å². The third-order valence-electron chi connectivity index (χ3n) is 13.4. The third-order valence-corrected chi connectivity index (χ3v) is 13.4. The molecule has 0 saturated heterocycles. The van der Waals surface area contributed by atoms with Crippen molar-refractivity contribution in [2.45, 2.75) is 18.9 Å². The molecule has 308 valence electrons. The molecule has 5 heterocycles. The molecule has 0 amide bonds. The highest BCUT2D eigenvalue weighted by atomic mass is 16.3. The van der Waals surface area contributed by atoms with Crippen LogP contribution in [0.25, 0.3) is 93.5 Å². The average molecular weight is 836 g/mol. The molecule has 1 aliphatic carbocycles. The molecule has 12 aromatic rings. The molecule has 1 aliphatic rings. The molecule has 1 unspecified atom stereocenters. The van der Waals surface area contributed by atoms with Crippen LogP contribution in [0.3, 0.4) is 0 Å². The van der Waals surface area contributed by atoms with Gasteiger partial charge in [0.05, 0.1) is 38.4 Å². The molecule has 65 heavy (non-hydrogen) atoms. The predicted molar refractivity (Wildman–Crippen MR) is 268 cm³/mol. The van der Waals surface area contributed by atoms with Crippen LogP contribution in [-0.2, 0) is 5.54 Å². The quantitative estimate of drug-likeness (QED) is 0.160. The number of hydrogen-bond acceptors (Lipinski definition) is 4. The molecule has 13 rings (SSSR count). The second kappa shape index (κ2) is 14.5. The lowest BCUT2D eigenvalue weighted by molar-refractivity contribution is 0.435. The largest absolute Gasteiger partial charge is 0.455 e. The van der Waals surface area contributed by atoms with Crippen molar-refractivity contribution in [1.29, 1.82) is 0 Å². The number of nitrogens with zero attached hydrogens (tertiary/aromatic N) is 5. The van der Waals surface area contributed by atoms with Crippen LogP contribution in [0, 0.1) is 0 Å². The topological polar surface area (TPSA) is 52.0 Å². The van der Waals surface area contributed by atoms with E-state index in [0.29, 0.717) is 0 Å². The minimum atomic E-state index is -0.361. The van der Waals surface area contributed by atoms with Gasteiger partial charge in [0.15, 0.2) is 0 Å². The van der Waals surface area contributed by atoms with Gasteiger partial charge in [-0.05, 0) is 121 Å². The molecular weight excluding hydrogens is 795 g/mol. The van der Waals surface area contributed by atoms with E-state index in [-0.39, 0.29) is 5.54 Å². The van der Waals surface area contributed by atoms with Gasteiger partial charge in [-0.1, -0.05) is 109 Å². The molecule has 5 aromatic heterocycles. The lowest BCUT2D eigenvalue weighted by Gasteiger charge is -2.35. The fraction of sp³-hybridized carbons (Fsp3) is 0.0508. The number of para-hydroxylation sites is 2. The lowest BCUT2D eigenvalue weighted by atomic mass is 9.91. The van der Waals surface area contributed by atoms with E-state index < -0.39 is 0 Å². The maximum absolute atomic E-state index is 7.34. The summed E-state index contributed by atoms with van der Waals surface area (Å²) in [7, 11) is 0. The van der Waals surface area contributed by atoms with Crippen LogP contribution in [0.4, 0.5) is 11.4 Å². The van der Waals surface area contributed by atoms with Gasteiger partial charge >= 0.3 is 0 Å². The van der Waals surface area contributed by atoms with Crippen molar-refractivity contribution in [1.82, 2.24) is 19.1 Å². The number of allylic oxidation sites excluding steroid dienone is 3. The van der Waals surface area contributed by atoms with Gasteiger partial charge in [-0.2, -0.15) is 0 Å². The number of benzene rings is 7. The van der Waals surface area contributed by atoms with Crippen LogP contribution in [0.15, 0.2) is 229 Å². The van der Waals surface area contributed by atoms with Crippen LogP contribution < -0.4 is 4.90 Å². The summed E-state index contributed by atoms with van der Waals surface area (Å²) < 4.78 is 12.3. The number of furan rings is 1. The van der Waals surface area contributed by atoms with Crippen molar-refractivity contribution in [3.8, 4) is 27.9 Å². The zero-order valence-corrected chi connectivity index (χ0v) is 35.6. The summed E-state index contributed by atoms with van der Waals surface area (Å²) in [5.41, 5.74) is 15.0. The van der Waals surface area contributed by atoms with Gasteiger partial charge in [-0.15, -0.1) is 0 Å². The van der Waals surface area contributed by atoms with Crippen LogP contribution >= 0.6 is 0 Å². The zero-order valence-electron chi connectivity index (χ0n) is 35.6. The molecule has 1 atom stereocenters. The van der Waals surface area contributed by atoms with E-state index in [1.807, 2.05) is 49.1 Å². The first-order chi connectivity index (χ1) is 32.1. The Bertz CT molecular complexity index is 3770. The average Bonchev–Trinajstić information content (AvgIpc) is 4.04. The fourth-order valence-electron chi connectivity index (χ4n) is 10.4. The normalized spacial score (nSPS) is 15.2. The van der Waals surface area contributed by atoms with Crippen molar-refractivity contribution in [3.05, 3.63) is 225 Å². The summed E-state index contributed by atoms with van der Waals surface area (Å²) in [6.45, 7) is 2.34. The second-order valence-corrected chi connectivity index (χ2v) is 17.3. The van der Waals surface area contributed by atoms with Gasteiger partial charge in [0.1, 0.15) is 11.2 Å². The number of aromatic nitrogens is 4. The molecule has 6 nitrogen and oxygen atoms in total. The maximum atomic E-state index is 7.34. The Labute approximate surface area is 375 Å². The van der Waals surface area contributed by atoms with Crippen molar-refractivity contribution in [2.24, 2.45) is 0 Å². The molecular formula is C59H41N5O. The van der Waals surface area contributed by atoms with Crippen molar-refractivity contribution in [2.75, 3.05) is 4.90 Å². The van der Waals surface area contributed by atoms with Gasteiger partial charge in [0, 0.05) is 69.1 Å². The number of anilines is 2. The summed E-state index contributed by atoms with van der Waals surface area (Å²) in [5, 5.41) is 6.81. The SMILES string of the molecule is CC1(n2c3ccccc3c3c4oc5c(ccc6c5c5ccccc5n6-c5cc(-c6ccccc6)cc(-c6ccccc6)c5)c4ccc32)C=CC(N(c2ccncc2)c2ccncc2)=CC1. The molecule has 7 aromatic carbocycles. The number of rotatable bonds is 7. The first-order valence-corrected chi connectivity index (χ1v) is 22.2. The van der Waals surface area contributed by atoms with Gasteiger partial charge in [0.2, 0.25) is 0 Å². The highest BCUT2D eigenvalue weighted by molar-refractivity contribution is 6.28. The molecule has 0 spiro atoms. The van der Waals surface area contributed by atoms with E-state index in [1.165, 1.54) is 33.2 Å². The Balaban J connectivity index is 0.997. The highest BCUT2D eigenvalue weighted by Gasteiger charge is 2.32. The number of fused-ring (bicyclic) bond motifs is 11. The monoisotopic (exact) mass is 835 g/mol. The summed E-state index contributed by atoms with van der Waals surface area (Å²) in [5.74, 6) is 0. The molecule has 0 aliphatic heterocycles. The molecule has 0 fully saturated rings. The fourth-order valence-corrected chi connectivity index (χ4v) is 10.4. The summed E-state index contributed by atoms with van der Waals surface area (Å²) in [4.78, 5) is 10.9.